The largest absolute Gasteiger partial charge is 0.444 e. The van der Waals surface area contributed by atoms with Gasteiger partial charge >= 0.3 is 6.09 Å². The van der Waals surface area contributed by atoms with Crippen LogP contribution in [0.15, 0.2) is 29.3 Å². The molecule has 172 valence electrons. The lowest BCUT2D eigenvalue weighted by Crippen LogP contribution is -2.54. The van der Waals surface area contributed by atoms with Gasteiger partial charge in [0.25, 0.3) is 5.69 Å². The SMILES string of the molecule is CN=C(NCc1cccc([N+](=O)[O-])c1)NC1CC2CCC(C1)N2C(=O)OC(C)(C)C.I. The van der Waals surface area contributed by atoms with E-state index in [1.807, 2.05) is 31.7 Å². The van der Waals surface area contributed by atoms with E-state index in [1.165, 1.54) is 6.07 Å². The van der Waals surface area contributed by atoms with Gasteiger partial charge in [0, 0.05) is 43.9 Å². The smallest absolute Gasteiger partial charge is 0.410 e. The zero-order chi connectivity index (χ0) is 21.9. The Labute approximate surface area is 200 Å². The summed E-state index contributed by atoms with van der Waals surface area (Å²) in [5, 5.41) is 17.6. The molecular formula is C21H32IN5O4. The summed E-state index contributed by atoms with van der Waals surface area (Å²) in [6.07, 6.45) is 3.44. The first-order valence-electron chi connectivity index (χ1n) is 10.4. The summed E-state index contributed by atoms with van der Waals surface area (Å²) in [7, 11) is 1.70. The van der Waals surface area contributed by atoms with E-state index in [4.69, 9.17) is 4.74 Å². The second kappa shape index (κ2) is 10.5. The van der Waals surface area contributed by atoms with Crippen molar-refractivity contribution in [2.75, 3.05) is 7.05 Å². The fraction of sp³-hybridized carbons (Fsp3) is 0.619. The first-order valence-corrected chi connectivity index (χ1v) is 10.4. The van der Waals surface area contributed by atoms with Crippen molar-refractivity contribution in [1.82, 2.24) is 15.5 Å². The second-order valence-electron chi connectivity index (χ2n) is 8.94. The molecule has 2 N–H and O–H groups in total. The van der Waals surface area contributed by atoms with Crippen LogP contribution in [-0.4, -0.2) is 52.7 Å². The molecule has 0 aliphatic carbocycles. The van der Waals surface area contributed by atoms with Gasteiger partial charge in [0.2, 0.25) is 0 Å². The van der Waals surface area contributed by atoms with E-state index >= 15 is 0 Å². The Bertz CT molecular complexity index is 812. The van der Waals surface area contributed by atoms with Gasteiger partial charge in [-0.05, 0) is 52.0 Å². The van der Waals surface area contributed by atoms with Crippen LogP contribution in [0.1, 0.15) is 52.0 Å². The minimum Gasteiger partial charge on any atom is -0.444 e. The highest BCUT2D eigenvalue weighted by Gasteiger charge is 2.45. The summed E-state index contributed by atoms with van der Waals surface area (Å²) in [4.78, 5) is 29.3. The third kappa shape index (κ3) is 6.68. The molecule has 0 saturated carbocycles. The van der Waals surface area contributed by atoms with Crippen molar-refractivity contribution in [3.05, 3.63) is 39.9 Å². The van der Waals surface area contributed by atoms with Gasteiger partial charge in [-0.1, -0.05) is 12.1 Å². The highest BCUT2D eigenvalue weighted by Crippen LogP contribution is 2.36. The minimum atomic E-state index is -0.496. The summed E-state index contributed by atoms with van der Waals surface area (Å²) >= 11 is 0. The van der Waals surface area contributed by atoms with Crippen LogP contribution in [0.3, 0.4) is 0 Å². The standard InChI is InChI=1S/C21H31N5O4.HI/c1-21(2,3)30-20(27)25-16-8-9-17(25)12-15(11-16)24-19(22-4)23-13-14-6-5-7-18(10-14)26(28)29;/h5-7,10,15-17H,8-9,11-13H2,1-4H3,(H2,22,23,24);1H. The minimum absolute atomic E-state index is 0. The number of carbonyl (C=O) groups is 1. The van der Waals surface area contributed by atoms with Crippen molar-refractivity contribution < 1.29 is 14.5 Å². The topological polar surface area (TPSA) is 109 Å². The number of ether oxygens (including phenoxy) is 1. The molecule has 31 heavy (non-hydrogen) atoms. The molecule has 9 nitrogen and oxygen atoms in total. The van der Waals surface area contributed by atoms with E-state index in [2.05, 4.69) is 15.6 Å². The fourth-order valence-corrected chi connectivity index (χ4v) is 4.26. The molecule has 1 amide bonds. The number of piperidine rings is 1. The van der Waals surface area contributed by atoms with E-state index in [0.29, 0.717) is 12.5 Å². The number of aliphatic imine (C=N–C) groups is 1. The maximum absolute atomic E-state index is 12.6. The Morgan fingerprint density at radius 2 is 1.94 bits per heavy atom. The normalized spacial score (nSPS) is 23.0. The maximum atomic E-state index is 12.6. The molecular weight excluding hydrogens is 513 g/mol. The Morgan fingerprint density at radius 3 is 2.48 bits per heavy atom. The van der Waals surface area contributed by atoms with Crippen LogP contribution in [0.5, 0.6) is 0 Å². The number of carbonyl (C=O) groups excluding carboxylic acids is 1. The van der Waals surface area contributed by atoms with Crippen LogP contribution >= 0.6 is 24.0 Å². The lowest BCUT2D eigenvalue weighted by Gasteiger charge is -2.40. The molecule has 2 heterocycles. The highest BCUT2D eigenvalue weighted by molar-refractivity contribution is 14.0. The van der Waals surface area contributed by atoms with E-state index in [-0.39, 0.29) is 53.9 Å². The Hall–Kier alpha value is -2.11. The fourth-order valence-electron chi connectivity index (χ4n) is 4.26. The van der Waals surface area contributed by atoms with Crippen LogP contribution in [0.2, 0.25) is 0 Å². The van der Waals surface area contributed by atoms with Crippen molar-refractivity contribution >= 4 is 41.7 Å². The number of amides is 1. The van der Waals surface area contributed by atoms with E-state index < -0.39 is 10.5 Å². The molecule has 2 fully saturated rings. The molecule has 2 aliphatic heterocycles. The summed E-state index contributed by atoms with van der Waals surface area (Å²) in [6.45, 7) is 6.10. The number of fused-ring (bicyclic) bond motifs is 2. The van der Waals surface area contributed by atoms with E-state index in [1.54, 1.807) is 19.2 Å². The quantitative estimate of drug-likeness (QED) is 0.196. The van der Waals surface area contributed by atoms with Gasteiger partial charge in [-0.2, -0.15) is 0 Å². The van der Waals surface area contributed by atoms with Crippen molar-refractivity contribution in [2.24, 2.45) is 4.99 Å². The number of nitro benzene ring substituents is 1. The Kier molecular flexibility index (Phi) is 8.49. The number of halogens is 1. The average Bonchev–Trinajstić information content (AvgIpc) is 2.95. The van der Waals surface area contributed by atoms with Gasteiger partial charge < -0.3 is 20.3 Å². The Morgan fingerprint density at radius 1 is 1.29 bits per heavy atom. The molecule has 2 atom stereocenters. The van der Waals surface area contributed by atoms with Crippen LogP contribution in [0.25, 0.3) is 0 Å². The van der Waals surface area contributed by atoms with Crippen LogP contribution < -0.4 is 10.6 Å². The third-order valence-corrected chi connectivity index (χ3v) is 5.48. The maximum Gasteiger partial charge on any atom is 0.410 e. The molecule has 2 unspecified atom stereocenters. The van der Waals surface area contributed by atoms with Gasteiger partial charge in [0.05, 0.1) is 4.92 Å². The molecule has 10 heteroatoms. The van der Waals surface area contributed by atoms with Crippen LogP contribution in [0, 0.1) is 10.1 Å². The van der Waals surface area contributed by atoms with Gasteiger partial charge in [0.1, 0.15) is 5.60 Å². The van der Waals surface area contributed by atoms with Crippen LogP contribution in [-0.2, 0) is 11.3 Å². The van der Waals surface area contributed by atoms with Crippen molar-refractivity contribution in [3.63, 3.8) is 0 Å². The molecule has 1 aromatic rings. The molecule has 2 saturated heterocycles. The molecule has 1 aromatic carbocycles. The first kappa shape index (κ1) is 25.2. The van der Waals surface area contributed by atoms with Crippen molar-refractivity contribution in [3.8, 4) is 0 Å². The van der Waals surface area contributed by atoms with Gasteiger partial charge in [-0.25, -0.2) is 4.79 Å². The monoisotopic (exact) mass is 545 g/mol. The molecule has 2 aliphatic rings. The summed E-state index contributed by atoms with van der Waals surface area (Å²) in [6, 6.07) is 7.10. The number of rotatable bonds is 4. The lowest BCUT2D eigenvalue weighted by molar-refractivity contribution is -0.384. The number of guanidine groups is 1. The van der Waals surface area contributed by atoms with Crippen molar-refractivity contribution in [2.45, 2.75) is 76.7 Å². The second-order valence-corrected chi connectivity index (χ2v) is 8.94. The van der Waals surface area contributed by atoms with Gasteiger partial charge in [0.15, 0.2) is 5.96 Å². The van der Waals surface area contributed by atoms with Crippen molar-refractivity contribution in [1.29, 1.82) is 0 Å². The van der Waals surface area contributed by atoms with Crippen LogP contribution in [0.4, 0.5) is 10.5 Å². The predicted molar refractivity (Wildman–Crippen MR) is 130 cm³/mol. The summed E-state index contributed by atoms with van der Waals surface area (Å²) in [5.41, 5.74) is 0.389. The number of hydrogen-bond acceptors (Lipinski definition) is 5. The summed E-state index contributed by atoms with van der Waals surface area (Å²) < 4.78 is 5.59. The number of nitrogens with one attached hydrogen (secondary N) is 2. The molecule has 0 aromatic heterocycles. The number of hydrogen-bond donors (Lipinski definition) is 2. The number of non-ortho nitro benzene ring substituents is 1. The first-order chi connectivity index (χ1) is 14.2. The zero-order valence-corrected chi connectivity index (χ0v) is 20.8. The average molecular weight is 545 g/mol. The highest BCUT2D eigenvalue weighted by atomic mass is 127. The third-order valence-electron chi connectivity index (χ3n) is 5.48. The van der Waals surface area contributed by atoms with Gasteiger partial charge in [-0.3, -0.25) is 15.1 Å². The number of nitrogens with zero attached hydrogens (tertiary/aromatic N) is 3. The van der Waals surface area contributed by atoms with Gasteiger partial charge in [-0.15, -0.1) is 24.0 Å². The number of benzene rings is 1. The lowest BCUT2D eigenvalue weighted by atomic mass is 9.98. The van der Waals surface area contributed by atoms with E-state index in [0.717, 1.165) is 31.2 Å². The number of nitro groups is 1. The zero-order valence-electron chi connectivity index (χ0n) is 18.5. The molecule has 3 rings (SSSR count). The molecule has 0 radical (unpaired) electrons. The molecule has 0 spiro atoms. The predicted octanol–water partition coefficient (Wildman–Crippen LogP) is 3.81. The Balaban J connectivity index is 0.00000341. The summed E-state index contributed by atoms with van der Waals surface area (Å²) in [5.74, 6) is 0.650. The molecule has 2 bridgehead atoms. The van der Waals surface area contributed by atoms with E-state index in [9.17, 15) is 14.9 Å².